The van der Waals surface area contributed by atoms with Crippen LogP contribution in [0.4, 0.5) is 10.6 Å². The number of pyridine rings is 1. The van der Waals surface area contributed by atoms with E-state index in [0.29, 0.717) is 30.5 Å². The van der Waals surface area contributed by atoms with Crippen molar-refractivity contribution in [3.8, 4) is 11.1 Å². The van der Waals surface area contributed by atoms with Gasteiger partial charge in [-0.05, 0) is 30.0 Å². The summed E-state index contributed by atoms with van der Waals surface area (Å²) in [6.45, 7) is 8.03. The summed E-state index contributed by atoms with van der Waals surface area (Å²) in [5.41, 5.74) is 9.90. The molecule has 0 fully saturated rings. The highest BCUT2D eigenvalue weighted by atomic mass is 16.5. The van der Waals surface area contributed by atoms with Gasteiger partial charge in [-0.25, -0.2) is 14.8 Å². The van der Waals surface area contributed by atoms with Crippen molar-refractivity contribution < 1.29 is 9.53 Å². The van der Waals surface area contributed by atoms with Gasteiger partial charge in [0.05, 0.1) is 11.0 Å². The van der Waals surface area contributed by atoms with Gasteiger partial charge in [-0.1, -0.05) is 56.3 Å². The van der Waals surface area contributed by atoms with Gasteiger partial charge >= 0.3 is 6.03 Å². The highest BCUT2D eigenvalue weighted by molar-refractivity contribution is 6.10. The minimum atomic E-state index is -0.669. The van der Waals surface area contributed by atoms with E-state index in [9.17, 15) is 4.79 Å². The fourth-order valence-corrected chi connectivity index (χ4v) is 3.81. The van der Waals surface area contributed by atoms with Gasteiger partial charge in [0.25, 0.3) is 0 Å². The van der Waals surface area contributed by atoms with Crippen LogP contribution in [-0.4, -0.2) is 27.2 Å². The lowest BCUT2D eigenvalue weighted by molar-refractivity contribution is 0.125. The molecule has 3 N–H and O–H groups in total. The molecule has 0 aliphatic rings. The second-order valence-electron chi connectivity index (χ2n) is 7.91. The number of imidazole rings is 1. The van der Waals surface area contributed by atoms with E-state index in [1.54, 1.807) is 0 Å². The number of nitrogens with one attached hydrogen (secondary N) is 1. The van der Waals surface area contributed by atoms with E-state index in [-0.39, 0.29) is 0 Å². The summed E-state index contributed by atoms with van der Waals surface area (Å²) < 4.78 is 7.84. The Morgan fingerprint density at radius 3 is 2.58 bits per heavy atom. The quantitative estimate of drug-likeness (QED) is 0.445. The Hall–Kier alpha value is -3.45. The number of primary amides is 1. The Labute approximate surface area is 181 Å². The predicted molar refractivity (Wildman–Crippen MR) is 124 cm³/mol. The number of amides is 2. The number of urea groups is 1. The lowest BCUT2D eigenvalue weighted by Crippen LogP contribution is -2.20. The average Bonchev–Trinajstić information content (AvgIpc) is 3.10. The van der Waals surface area contributed by atoms with Gasteiger partial charge in [-0.2, -0.15) is 0 Å². The Morgan fingerprint density at radius 2 is 1.90 bits per heavy atom. The molecule has 0 aliphatic heterocycles. The van der Waals surface area contributed by atoms with Crippen LogP contribution >= 0.6 is 0 Å². The van der Waals surface area contributed by atoms with Crippen LogP contribution in [-0.2, 0) is 17.9 Å². The summed E-state index contributed by atoms with van der Waals surface area (Å²) >= 11 is 0. The van der Waals surface area contributed by atoms with E-state index in [0.717, 1.165) is 39.9 Å². The van der Waals surface area contributed by atoms with Crippen molar-refractivity contribution in [1.29, 1.82) is 0 Å². The van der Waals surface area contributed by atoms with E-state index in [4.69, 9.17) is 20.4 Å². The first-order chi connectivity index (χ1) is 15.0. The number of hydrogen-bond acceptors (Lipinski definition) is 4. The molecular weight excluding hydrogens is 390 g/mol. The molecule has 4 rings (SSSR count). The molecule has 2 amide bonds. The molecule has 0 unspecified atom stereocenters. The highest BCUT2D eigenvalue weighted by Crippen LogP contribution is 2.33. The van der Waals surface area contributed by atoms with E-state index in [1.165, 1.54) is 0 Å². The molecule has 0 aliphatic carbocycles. The van der Waals surface area contributed by atoms with Crippen molar-refractivity contribution in [2.24, 2.45) is 11.7 Å². The fraction of sp³-hybridized carbons (Fsp3) is 0.292. The van der Waals surface area contributed by atoms with E-state index >= 15 is 0 Å². The molecule has 2 aromatic carbocycles. The smallest absolute Gasteiger partial charge is 0.317 e. The number of carbonyl (C=O) groups is 1. The van der Waals surface area contributed by atoms with Crippen molar-refractivity contribution in [2.75, 3.05) is 11.9 Å². The molecule has 0 bridgehead atoms. The van der Waals surface area contributed by atoms with Crippen LogP contribution < -0.4 is 11.1 Å². The maximum absolute atomic E-state index is 11.7. The van der Waals surface area contributed by atoms with Gasteiger partial charge in [0.2, 0.25) is 0 Å². The van der Waals surface area contributed by atoms with Crippen LogP contribution in [0.15, 0.2) is 48.5 Å². The summed E-state index contributed by atoms with van der Waals surface area (Å²) in [7, 11) is 0. The molecule has 160 valence electrons. The lowest BCUT2D eigenvalue weighted by atomic mass is 10.0. The zero-order valence-corrected chi connectivity index (χ0v) is 18.1. The largest absolute Gasteiger partial charge is 0.374 e. The summed E-state index contributed by atoms with van der Waals surface area (Å²) in [5, 5.41) is 3.63. The second kappa shape index (κ2) is 8.73. The molecule has 31 heavy (non-hydrogen) atoms. The first kappa shape index (κ1) is 20.8. The molecule has 0 atom stereocenters. The molecule has 0 saturated carbocycles. The van der Waals surface area contributed by atoms with Gasteiger partial charge in [0.1, 0.15) is 17.9 Å². The van der Waals surface area contributed by atoms with Gasteiger partial charge in [0.15, 0.2) is 5.82 Å². The van der Waals surface area contributed by atoms with Crippen molar-refractivity contribution in [3.05, 3.63) is 54.4 Å². The molecule has 0 radical (unpaired) electrons. The fourth-order valence-electron chi connectivity index (χ4n) is 3.81. The highest BCUT2D eigenvalue weighted by Gasteiger charge is 2.20. The van der Waals surface area contributed by atoms with Crippen LogP contribution in [0.2, 0.25) is 0 Å². The number of ether oxygens (including phenoxy) is 1. The third-order valence-corrected chi connectivity index (χ3v) is 5.09. The molecule has 4 aromatic rings. The summed E-state index contributed by atoms with van der Waals surface area (Å²) in [6, 6.07) is 15.7. The third kappa shape index (κ3) is 4.22. The van der Waals surface area contributed by atoms with Crippen molar-refractivity contribution in [1.82, 2.24) is 14.5 Å². The standard InChI is InChI=1S/C24H27N5O2/c1-4-31-14-20-27-21-22(29(20)13-15(2)3)18-11-10-17(16-8-6-5-7-9-16)12-19(18)26-23(21)28-24(25)30/h5-12,15H,4,13-14H2,1-3H3,(H3,25,26,28,30). The van der Waals surface area contributed by atoms with Gasteiger partial charge < -0.3 is 15.0 Å². The number of nitrogens with zero attached hydrogens (tertiary/aromatic N) is 3. The monoisotopic (exact) mass is 417 g/mol. The SMILES string of the molecule is CCOCc1nc2c(NC(N)=O)nc3cc(-c4ccccc4)ccc3c2n1CC(C)C. The maximum atomic E-state index is 11.7. The topological polar surface area (TPSA) is 95.1 Å². The van der Waals surface area contributed by atoms with E-state index in [1.807, 2.05) is 31.2 Å². The first-order valence-corrected chi connectivity index (χ1v) is 10.5. The molecule has 0 saturated heterocycles. The van der Waals surface area contributed by atoms with E-state index < -0.39 is 6.03 Å². The Bertz CT molecular complexity index is 1230. The summed E-state index contributed by atoms with van der Waals surface area (Å²) in [4.78, 5) is 21.2. The Morgan fingerprint density at radius 1 is 1.13 bits per heavy atom. The number of anilines is 1. The number of benzene rings is 2. The van der Waals surface area contributed by atoms with Gasteiger partial charge in [0, 0.05) is 18.5 Å². The minimum absolute atomic E-state index is 0.362. The summed E-state index contributed by atoms with van der Waals surface area (Å²) in [6.07, 6.45) is 0. The zero-order valence-electron chi connectivity index (χ0n) is 18.1. The number of carbonyl (C=O) groups excluding carboxylic acids is 1. The Kier molecular flexibility index (Phi) is 5.86. The zero-order chi connectivity index (χ0) is 22.0. The lowest BCUT2D eigenvalue weighted by Gasteiger charge is -2.14. The number of hydrogen-bond donors (Lipinski definition) is 2. The number of aromatic nitrogens is 3. The van der Waals surface area contributed by atoms with E-state index in [2.05, 4.69) is 48.0 Å². The Balaban J connectivity index is 2.00. The van der Waals surface area contributed by atoms with Gasteiger partial charge in [-0.3, -0.25) is 5.32 Å². The number of rotatable bonds is 7. The van der Waals surface area contributed by atoms with Crippen LogP contribution in [0.3, 0.4) is 0 Å². The van der Waals surface area contributed by atoms with Gasteiger partial charge in [-0.15, -0.1) is 0 Å². The number of fused-ring (bicyclic) bond motifs is 3. The third-order valence-electron chi connectivity index (χ3n) is 5.09. The first-order valence-electron chi connectivity index (χ1n) is 10.5. The minimum Gasteiger partial charge on any atom is -0.374 e. The molecule has 7 heteroatoms. The van der Waals surface area contributed by atoms with Crippen molar-refractivity contribution in [2.45, 2.75) is 33.9 Å². The molecule has 0 spiro atoms. The van der Waals surface area contributed by atoms with Crippen LogP contribution in [0.1, 0.15) is 26.6 Å². The second-order valence-corrected chi connectivity index (χ2v) is 7.91. The number of nitrogens with two attached hydrogens (primary N) is 1. The summed E-state index contributed by atoms with van der Waals surface area (Å²) in [5.74, 6) is 1.57. The predicted octanol–water partition coefficient (Wildman–Crippen LogP) is 4.93. The molecular formula is C24H27N5O2. The molecule has 2 heterocycles. The molecule has 2 aromatic heterocycles. The normalized spacial score (nSPS) is 11.5. The van der Waals surface area contributed by atoms with Crippen molar-refractivity contribution >= 4 is 33.8 Å². The average molecular weight is 418 g/mol. The molecule has 7 nitrogen and oxygen atoms in total. The maximum Gasteiger partial charge on any atom is 0.317 e. The van der Waals surface area contributed by atoms with Crippen LogP contribution in [0, 0.1) is 5.92 Å². The van der Waals surface area contributed by atoms with Crippen LogP contribution in [0.25, 0.3) is 33.1 Å². The van der Waals surface area contributed by atoms with Crippen molar-refractivity contribution in [3.63, 3.8) is 0 Å². The van der Waals surface area contributed by atoms with Crippen LogP contribution in [0.5, 0.6) is 0 Å².